The second-order valence-corrected chi connectivity index (χ2v) is 9.63. The number of carbonyl (C=O) groups excluding carboxylic acids is 2. The zero-order valence-electron chi connectivity index (χ0n) is 18.6. The molecule has 0 radical (unpaired) electrons. The summed E-state index contributed by atoms with van der Waals surface area (Å²) in [6, 6.07) is 7.72. The fraction of sp³-hybridized carbons (Fsp3) is 0.423. The Hall–Kier alpha value is -2.75. The number of rotatable bonds is 6. The normalized spacial score (nSPS) is 17.3. The summed E-state index contributed by atoms with van der Waals surface area (Å²) >= 11 is 0. The van der Waals surface area contributed by atoms with Crippen LogP contribution < -0.4 is 0 Å². The van der Waals surface area contributed by atoms with E-state index in [-0.39, 0.29) is 28.8 Å². The Morgan fingerprint density at radius 2 is 1.73 bits per heavy atom. The van der Waals surface area contributed by atoms with E-state index < -0.39 is 0 Å². The van der Waals surface area contributed by atoms with Crippen molar-refractivity contribution in [2.45, 2.75) is 71.1 Å². The maximum Gasteiger partial charge on any atom is 0.211 e. The quantitative estimate of drug-likeness (QED) is 0.372. The molecule has 0 saturated heterocycles. The van der Waals surface area contributed by atoms with E-state index in [1.54, 1.807) is 24.4 Å². The maximum absolute atomic E-state index is 13.2. The Morgan fingerprint density at radius 3 is 2.30 bits per heavy atom. The number of allylic oxidation sites excluding steroid dienone is 1. The minimum atomic E-state index is -0.0878. The van der Waals surface area contributed by atoms with Crippen LogP contribution in [0.4, 0.5) is 0 Å². The molecule has 2 aromatic rings. The molecule has 30 heavy (non-hydrogen) atoms. The molecule has 1 heterocycles. The van der Waals surface area contributed by atoms with E-state index in [1.807, 2.05) is 6.92 Å². The van der Waals surface area contributed by atoms with E-state index in [0.29, 0.717) is 23.2 Å². The molecule has 1 aliphatic rings. The van der Waals surface area contributed by atoms with Crippen molar-refractivity contribution in [3.8, 4) is 0 Å². The van der Waals surface area contributed by atoms with Gasteiger partial charge in [-0.2, -0.15) is 0 Å². The van der Waals surface area contributed by atoms with Gasteiger partial charge in [-0.1, -0.05) is 39.8 Å². The summed E-state index contributed by atoms with van der Waals surface area (Å²) in [5.74, 6) is 0.0357. The third-order valence-corrected chi connectivity index (χ3v) is 6.31. The molecule has 0 aliphatic heterocycles. The topological polar surface area (TPSA) is 67.3 Å². The van der Waals surface area contributed by atoms with Crippen molar-refractivity contribution >= 4 is 18.1 Å². The van der Waals surface area contributed by atoms with Crippen molar-refractivity contribution in [3.05, 3.63) is 69.7 Å². The highest BCUT2D eigenvalue weighted by Gasteiger charge is 2.37. The van der Waals surface area contributed by atoms with Gasteiger partial charge < -0.3 is 9.90 Å². The van der Waals surface area contributed by atoms with Gasteiger partial charge in [0.15, 0.2) is 0 Å². The van der Waals surface area contributed by atoms with Crippen LogP contribution in [0.2, 0.25) is 0 Å². The van der Waals surface area contributed by atoms with Crippen LogP contribution >= 0.6 is 0 Å². The number of nitrogens with zero attached hydrogens (tertiary/aromatic N) is 1. The van der Waals surface area contributed by atoms with Crippen molar-refractivity contribution in [2.75, 3.05) is 0 Å². The van der Waals surface area contributed by atoms with Gasteiger partial charge in [0.25, 0.3) is 0 Å². The lowest BCUT2D eigenvalue weighted by Crippen LogP contribution is -2.34. The molecule has 1 aromatic heterocycles. The molecule has 0 fully saturated rings. The number of aldehydes is 1. The molecular formula is C26H31NO3. The number of aliphatic hydroxyl groups is 1. The fourth-order valence-corrected chi connectivity index (χ4v) is 4.20. The van der Waals surface area contributed by atoms with Crippen molar-refractivity contribution in [2.24, 2.45) is 0 Å². The highest BCUT2D eigenvalue weighted by molar-refractivity contribution is 6.09. The number of ketones is 1. The molecule has 3 rings (SSSR count). The predicted octanol–water partition coefficient (Wildman–Crippen LogP) is 5.85. The standard InChI is InChI=1S/C26H31NO3/c1-17-13-21-22(26(4,5)11-10-25(21,2)3)15-20(17)24(30)23-9-8-18(16-27-23)14-19(29)7-6-12-28/h8-9,12-16,29H,6-7,10-11H2,1-5H3/b19-14-. The number of pyridine rings is 1. The molecule has 1 aliphatic carbocycles. The monoisotopic (exact) mass is 405 g/mol. The number of hydrogen-bond donors (Lipinski definition) is 1. The fourth-order valence-electron chi connectivity index (χ4n) is 4.20. The summed E-state index contributed by atoms with van der Waals surface area (Å²) in [5.41, 5.74) is 5.49. The van der Waals surface area contributed by atoms with Crippen molar-refractivity contribution in [1.29, 1.82) is 0 Å². The lowest BCUT2D eigenvalue weighted by atomic mass is 9.62. The molecule has 0 unspecified atom stereocenters. The Morgan fingerprint density at radius 1 is 1.10 bits per heavy atom. The minimum absolute atomic E-state index is 0.0364. The summed E-state index contributed by atoms with van der Waals surface area (Å²) in [4.78, 5) is 28.0. The molecule has 0 bridgehead atoms. The minimum Gasteiger partial charge on any atom is -0.512 e. The lowest BCUT2D eigenvalue weighted by molar-refractivity contribution is -0.107. The zero-order chi connectivity index (χ0) is 22.1. The van der Waals surface area contributed by atoms with Gasteiger partial charge in [0.05, 0.1) is 5.76 Å². The first kappa shape index (κ1) is 21.9. The molecule has 1 N–H and O–H groups in total. The van der Waals surface area contributed by atoms with Gasteiger partial charge in [-0.05, 0) is 71.1 Å². The summed E-state index contributed by atoms with van der Waals surface area (Å²) in [6.07, 6.45) is 6.71. The SMILES string of the molecule is Cc1cc2c(cc1C(=O)c1ccc(/C=C(\O)CCC=O)cn1)C(C)(C)CCC2(C)C. The Kier molecular flexibility index (Phi) is 5.98. The van der Waals surface area contributed by atoms with Crippen molar-refractivity contribution in [3.63, 3.8) is 0 Å². The average molecular weight is 406 g/mol. The van der Waals surface area contributed by atoms with E-state index in [1.165, 1.54) is 11.1 Å². The van der Waals surface area contributed by atoms with E-state index in [0.717, 1.165) is 24.7 Å². The molecule has 158 valence electrons. The van der Waals surface area contributed by atoms with Crippen LogP contribution in [0.3, 0.4) is 0 Å². The molecule has 0 amide bonds. The Labute approximate surface area is 179 Å². The van der Waals surface area contributed by atoms with Gasteiger partial charge in [-0.15, -0.1) is 0 Å². The molecule has 0 spiro atoms. The van der Waals surface area contributed by atoms with Crippen LogP contribution in [0.5, 0.6) is 0 Å². The third kappa shape index (κ3) is 4.38. The summed E-state index contributed by atoms with van der Waals surface area (Å²) in [5, 5.41) is 9.84. The van der Waals surface area contributed by atoms with Crippen molar-refractivity contribution in [1.82, 2.24) is 4.98 Å². The summed E-state index contributed by atoms with van der Waals surface area (Å²) in [6.45, 7) is 11.1. The Bertz CT molecular complexity index is 998. The van der Waals surface area contributed by atoms with Crippen LogP contribution in [-0.2, 0) is 15.6 Å². The summed E-state index contributed by atoms with van der Waals surface area (Å²) in [7, 11) is 0. The van der Waals surface area contributed by atoms with Crippen LogP contribution in [0.25, 0.3) is 6.08 Å². The lowest BCUT2D eigenvalue weighted by Gasteiger charge is -2.42. The van der Waals surface area contributed by atoms with E-state index in [4.69, 9.17) is 0 Å². The maximum atomic E-state index is 13.2. The molecule has 0 saturated carbocycles. The summed E-state index contributed by atoms with van der Waals surface area (Å²) < 4.78 is 0. The number of aromatic nitrogens is 1. The van der Waals surface area contributed by atoms with Gasteiger partial charge in [0.1, 0.15) is 12.0 Å². The molecular weight excluding hydrogens is 374 g/mol. The third-order valence-electron chi connectivity index (χ3n) is 6.31. The first-order chi connectivity index (χ1) is 14.0. The first-order valence-electron chi connectivity index (χ1n) is 10.5. The van der Waals surface area contributed by atoms with Gasteiger partial charge in [-0.3, -0.25) is 9.78 Å². The number of carbonyl (C=O) groups is 2. The van der Waals surface area contributed by atoms with Crippen LogP contribution in [0.15, 0.2) is 36.2 Å². The second-order valence-electron chi connectivity index (χ2n) is 9.63. The second kappa shape index (κ2) is 8.17. The van der Waals surface area contributed by atoms with E-state index in [9.17, 15) is 14.7 Å². The molecule has 1 aromatic carbocycles. The first-order valence-corrected chi connectivity index (χ1v) is 10.5. The highest BCUT2D eigenvalue weighted by Crippen LogP contribution is 2.46. The number of aryl methyl sites for hydroxylation is 1. The number of hydrogen-bond acceptors (Lipinski definition) is 4. The highest BCUT2D eigenvalue weighted by atomic mass is 16.3. The van der Waals surface area contributed by atoms with E-state index in [2.05, 4.69) is 44.8 Å². The number of benzene rings is 1. The smallest absolute Gasteiger partial charge is 0.211 e. The largest absolute Gasteiger partial charge is 0.512 e. The van der Waals surface area contributed by atoms with Crippen LogP contribution in [0, 0.1) is 6.92 Å². The van der Waals surface area contributed by atoms with Crippen LogP contribution in [-0.4, -0.2) is 22.2 Å². The van der Waals surface area contributed by atoms with Crippen molar-refractivity contribution < 1.29 is 14.7 Å². The van der Waals surface area contributed by atoms with Gasteiger partial charge >= 0.3 is 0 Å². The Balaban J connectivity index is 1.93. The molecule has 4 nitrogen and oxygen atoms in total. The van der Waals surface area contributed by atoms with Gasteiger partial charge in [0.2, 0.25) is 5.78 Å². The predicted molar refractivity (Wildman–Crippen MR) is 120 cm³/mol. The number of aliphatic hydroxyl groups excluding tert-OH is 1. The average Bonchev–Trinajstić information content (AvgIpc) is 2.70. The van der Waals surface area contributed by atoms with E-state index >= 15 is 0 Å². The zero-order valence-corrected chi connectivity index (χ0v) is 18.6. The van der Waals surface area contributed by atoms with Gasteiger partial charge in [0, 0.05) is 24.6 Å². The molecule has 0 atom stereocenters. The number of fused-ring (bicyclic) bond motifs is 1. The molecule has 4 heteroatoms. The van der Waals surface area contributed by atoms with Crippen LogP contribution in [0.1, 0.15) is 91.7 Å². The van der Waals surface area contributed by atoms with Gasteiger partial charge in [-0.25, -0.2) is 0 Å².